The fourth-order valence-electron chi connectivity index (χ4n) is 2.16. The molecule has 3 N–H and O–H groups in total. The molecule has 1 unspecified atom stereocenters. The standard InChI is InChI=1S/C12H18N4O2S/c1-2-9-11(17)14-5-6-16(9)12(18)8-7-19-10(15-8)3-4-13/h7,9H,2-6,13H2,1H3,(H,14,17). The molecule has 0 aliphatic carbocycles. The van der Waals surface area contributed by atoms with Crippen molar-refractivity contribution in [3.63, 3.8) is 0 Å². The Morgan fingerprint density at radius 3 is 3.16 bits per heavy atom. The molecule has 2 amide bonds. The number of nitrogens with two attached hydrogens (primary N) is 1. The maximum absolute atomic E-state index is 12.4. The fraction of sp³-hybridized carbons (Fsp3) is 0.583. The zero-order valence-electron chi connectivity index (χ0n) is 10.9. The third-order valence-electron chi connectivity index (χ3n) is 3.11. The van der Waals surface area contributed by atoms with Crippen molar-refractivity contribution < 1.29 is 9.59 Å². The van der Waals surface area contributed by atoms with Crippen LogP contribution in [0.5, 0.6) is 0 Å². The second-order valence-electron chi connectivity index (χ2n) is 4.38. The monoisotopic (exact) mass is 282 g/mol. The van der Waals surface area contributed by atoms with Gasteiger partial charge in [0.2, 0.25) is 5.91 Å². The first-order chi connectivity index (χ1) is 9.17. The van der Waals surface area contributed by atoms with E-state index >= 15 is 0 Å². The van der Waals surface area contributed by atoms with Gasteiger partial charge in [0.05, 0.1) is 5.01 Å². The van der Waals surface area contributed by atoms with Crippen LogP contribution in [-0.2, 0) is 11.2 Å². The number of hydrogen-bond acceptors (Lipinski definition) is 5. The maximum Gasteiger partial charge on any atom is 0.274 e. The highest BCUT2D eigenvalue weighted by Gasteiger charge is 2.32. The molecule has 104 valence electrons. The van der Waals surface area contributed by atoms with Gasteiger partial charge in [-0.25, -0.2) is 4.98 Å². The van der Waals surface area contributed by atoms with Crippen molar-refractivity contribution in [2.45, 2.75) is 25.8 Å². The second-order valence-corrected chi connectivity index (χ2v) is 5.32. The van der Waals surface area contributed by atoms with Gasteiger partial charge in [0.25, 0.3) is 5.91 Å². The number of aromatic nitrogens is 1. The summed E-state index contributed by atoms with van der Waals surface area (Å²) < 4.78 is 0. The molecule has 1 aromatic heterocycles. The summed E-state index contributed by atoms with van der Waals surface area (Å²) in [5.74, 6) is -0.249. The zero-order chi connectivity index (χ0) is 13.8. The van der Waals surface area contributed by atoms with Crippen LogP contribution < -0.4 is 11.1 Å². The van der Waals surface area contributed by atoms with Crippen molar-refractivity contribution in [3.8, 4) is 0 Å². The highest BCUT2D eigenvalue weighted by Crippen LogP contribution is 2.16. The lowest BCUT2D eigenvalue weighted by molar-refractivity contribution is -0.127. The highest BCUT2D eigenvalue weighted by atomic mass is 32.1. The van der Waals surface area contributed by atoms with Gasteiger partial charge in [-0.3, -0.25) is 9.59 Å². The summed E-state index contributed by atoms with van der Waals surface area (Å²) >= 11 is 1.44. The van der Waals surface area contributed by atoms with Gasteiger partial charge in [0.1, 0.15) is 11.7 Å². The second kappa shape index (κ2) is 6.12. The van der Waals surface area contributed by atoms with Crippen LogP contribution in [0.2, 0.25) is 0 Å². The minimum Gasteiger partial charge on any atom is -0.353 e. The van der Waals surface area contributed by atoms with E-state index in [4.69, 9.17) is 5.73 Å². The molecule has 7 heteroatoms. The van der Waals surface area contributed by atoms with E-state index in [1.54, 1.807) is 10.3 Å². The van der Waals surface area contributed by atoms with Crippen LogP contribution in [0.3, 0.4) is 0 Å². The molecule has 1 aliphatic rings. The molecule has 1 fully saturated rings. The molecule has 0 aromatic carbocycles. The molecule has 1 atom stereocenters. The molecule has 1 saturated heterocycles. The number of nitrogens with zero attached hydrogens (tertiary/aromatic N) is 2. The Labute approximate surface area is 116 Å². The van der Waals surface area contributed by atoms with Crippen LogP contribution in [0.25, 0.3) is 0 Å². The van der Waals surface area contributed by atoms with Gasteiger partial charge in [-0.15, -0.1) is 11.3 Å². The smallest absolute Gasteiger partial charge is 0.274 e. The van der Waals surface area contributed by atoms with E-state index in [0.717, 1.165) is 5.01 Å². The predicted octanol–water partition coefficient (Wildman–Crippen LogP) is -0.00510. The Morgan fingerprint density at radius 1 is 1.68 bits per heavy atom. The Hall–Kier alpha value is -1.47. The molecule has 2 heterocycles. The van der Waals surface area contributed by atoms with E-state index in [1.165, 1.54) is 11.3 Å². The number of rotatable bonds is 4. The molecule has 1 aliphatic heterocycles. The molecule has 1 aromatic rings. The van der Waals surface area contributed by atoms with Crippen LogP contribution in [0.1, 0.15) is 28.8 Å². The molecule has 19 heavy (non-hydrogen) atoms. The van der Waals surface area contributed by atoms with Crippen molar-refractivity contribution in [2.24, 2.45) is 5.73 Å². The summed E-state index contributed by atoms with van der Waals surface area (Å²) in [5, 5.41) is 5.38. The Bertz CT molecular complexity index is 474. The third kappa shape index (κ3) is 2.93. The predicted molar refractivity (Wildman–Crippen MR) is 73.0 cm³/mol. The van der Waals surface area contributed by atoms with E-state index in [2.05, 4.69) is 10.3 Å². The zero-order valence-corrected chi connectivity index (χ0v) is 11.7. The van der Waals surface area contributed by atoms with Gasteiger partial charge >= 0.3 is 0 Å². The van der Waals surface area contributed by atoms with Crippen molar-refractivity contribution in [2.75, 3.05) is 19.6 Å². The first-order valence-electron chi connectivity index (χ1n) is 6.40. The minimum atomic E-state index is -0.388. The normalized spacial score (nSPS) is 19.4. The molecule has 0 radical (unpaired) electrons. The average Bonchev–Trinajstić information content (AvgIpc) is 2.86. The average molecular weight is 282 g/mol. The number of piperazine rings is 1. The maximum atomic E-state index is 12.4. The SMILES string of the molecule is CCC1C(=O)NCCN1C(=O)c1csc(CCN)n1. The van der Waals surface area contributed by atoms with Crippen LogP contribution in [-0.4, -0.2) is 47.4 Å². The topological polar surface area (TPSA) is 88.3 Å². The highest BCUT2D eigenvalue weighted by molar-refractivity contribution is 7.09. The molecule has 0 spiro atoms. The molecule has 6 nitrogen and oxygen atoms in total. The van der Waals surface area contributed by atoms with Crippen LogP contribution >= 0.6 is 11.3 Å². The number of carbonyl (C=O) groups is 2. The van der Waals surface area contributed by atoms with Crippen LogP contribution in [0, 0.1) is 0 Å². The van der Waals surface area contributed by atoms with Gasteiger partial charge in [-0.2, -0.15) is 0 Å². The van der Waals surface area contributed by atoms with E-state index in [9.17, 15) is 9.59 Å². The van der Waals surface area contributed by atoms with E-state index in [-0.39, 0.29) is 17.9 Å². The number of thiazole rings is 1. The van der Waals surface area contributed by atoms with E-state index in [0.29, 0.717) is 38.2 Å². The largest absolute Gasteiger partial charge is 0.353 e. The summed E-state index contributed by atoms with van der Waals surface area (Å²) in [6.07, 6.45) is 1.28. The Morgan fingerprint density at radius 2 is 2.47 bits per heavy atom. The van der Waals surface area contributed by atoms with Crippen molar-refractivity contribution in [3.05, 3.63) is 16.1 Å². The third-order valence-corrected chi connectivity index (χ3v) is 4.02. The molecular formula is C12H18N4O2S. The van der Waals surface area contributed by atoms with Crippen LogP contribution in [0.15, 0.2) is 5.38 Å². The van der Waals surface area contributed by atoms with Gasteiger partial charge in [0.15, 0.2) is 0 Å². The molecule has 2 rings (SSSR count). The van der Waals surface area contributed by atoms with Gasteiger partial charge < -0.3 is 16.0 Å². The molecular weight excluding hydrogens is 264 g/mol. The molecule has 0 saturated carbocycles. The van der Waals surface area contributed by atoms with Crippen molar-refractivity contribution in [1.82, 2.24) is 15.2 Å². The van der Waals surface area contributed by atoms with Crippen molar-refractivity contribution >= 4 is 23.2 Å². The summed E-state index contributed by atoms with van der Waals surface area (Å²) in [5.41, 5.74) is 5.89. The van der Waals surface area contributed by atoms with Gasteiger partial charge in [-0.1, -0.05) is 6.92 Å². The Balaban J connectivity index is 2.14. The van der Waals surface area contributed by atoms with Crippen LogP contribution in [0.4, 0.5) is 0 Å². The number of amides is 2. The number of nitrogens with one attached hydrogen (secondary N) is 1. The summed E-state index contributed by atoms with van der Waals surface area (Å²) in [6, 6.07) is -0.388. The van der Waals surface area contributed by atoms with Gasteiger partial charge in [0, 0.05) is 24.9 Å². The van der Waals surface area contributed by atoms with E-state index in [1.807, 2.05) is 6.92 Å². The fourth-order valence-corrected chi connectivity index (χ4v) is 2.95. The lowest BCUT2D eigenvalue weighted by atomic mass is 10.1. The Kier molecular flexibility index (Phi) is 4.49. The first-order valence-corrected chi connectivity index (χ1v) is 7.28. The minimum absolute atomic E-state index is 0.0838. The summed E-state index contributed by atoms with van der Waals surface area (Å²) in [7, 11) is 0. The van der Waals surface area contributed by atoms with E-state index < -0.39 is 0 Å². The molecule has 0 bridgehead atoms. The number of carbonyl (C=O) groups excluding carboxylic acids is 2. The summed E-state index contributed by atoms with van der Waals surface area (Å²) in [4.78, 5) is 30.0. The summed E-state index contributed by atoms with van der Waals surface area (Å²) in [6.45, 7) is 3.45. The van der Waals surface area contributed by atoms with Crippen molar-refractivity contribution in [1.29, 1.82) is 0 Å². The van der Waals surface area contributed by atoms with Gasteiger partial charge in [-0.05, 0) is 13.0 Å². The lowest BCUT2D eigenvalue weighted by Crippen LogP contribution is -2.56. The quantitative estimate of drug-likeness (QED) is 0.813. The first kappa shape index (κ1) is 14.0. The lowest BCUT2D eigenvalue weighted by Gasteiger charge is -2.34. The number of hydrogen-bond donors (Lipinski definition) is 2.